The monoisotopic (exact) mass is 768 g/mol. The summed E-state index contributed by atoms with van der Waals surface area (Å²) in [7, 11) is 2.16. The summed E-state index contributed by atoms with van der Waals surface area (Å²) in [5.74, 6) is 0.986. The zero-order valence-electron chi connectivity index (χ0n) is 35.6. The SMILES string of the molecule is CCCCCSC1CN(C)CCC1C(=O)OC(CCCCCCC(=O)OC(CCCC)CCCC)CCCCCCC(=O)OC(CCCC)CCCC. The molecule has 312 valence electrons. The van der Waals surface area contributed by atoms with Crippen LogP contribution < -0.4 is 0 Å². The van der Waals surface area contributed by atoms with Crippen LogP contribution in [0.2, 0.25) is 0 Å². The Kier molecular flexibility index (Phi) is 31.9. The zero-order valence-corrected chi connectivity index (χ0v) is 36.4. The lowest BCUT2D eigenvalue weighted by Gasteiger charge is -2.35. The van der Waals surface area contributed by atoms with E-state index in [4.69, 9.17) is 14.2 Å². The van der Waals surface area contributed by atoms with Gasteiger partial charge in [0.15, 0.2) is 0 Å². The van der Waals surface area contributed by atoms with Crippen LogP contribution in [-0.2, 0) is 28.6 Å². The predicted octanol–water partition coefficient (Wildman–Crippen LogP) is 12.4. The van der Waals surface area contributed by atoms with Crippen molar-refractivity contribution in [3.8, 4) is 0 Å². The minimum absolute atomic E-state index is 0.00276. The Morgan fingerprint density at radius 3 is 1.42 bits per heavy atom. The summed E-state index contributed by atoms with van der Waals surface area (Å²) < 4.78 is 18.1. The third-order valence-electron chi connectivity index (χ3n) is 10.9. The van der Waals surface area contributed by atoms with E-state index in [1.165, 1.54) is 19.3 Å². The van der Waals surface area contributed by atoms with Gasteiger partial charge in [0.05, 0.1) is 5.92 Å². The Balaban J connectivity index is 2.62. The molecule has 1 heterocycles. The lowest BCUT2D eigenvalue weighted by molar-refractivity contribution is -0.156. The molecule has 1 fully saturated rings. The fourth-order valence-electron chi connectivity index (χ4n) is 7.34. The van der Waals surface area contributed by atoms with E-state index < -0.39 is 0 Å². The van der Waals surface area contributed by atoms with E-state index in [1.54, 1.807) is 0 Å². The third kappa shape index (κ3) is 26.3. The van der Waals surface area contributed by atoms with E-state index in [0.29, 0.717) is 18.1 Å². The number of thioether (sulfide) groups is 1. The highest BCUT2D eigenvalue weighted by atomic mass is 32.2. The number of nitrogens with zero attached hydrogens (tertiary/aromatic N) is 1. The first-order valence-electron chi connectivity index (χ1n) is 22.7. The molecule has 0 aromatic rings. The standard InChI is InChI=1S/C45H85NO6S/c1-7-12-25-36-53-42-37-46(6)35-34-41(42)45(49)52-40(30-21-17-19-23-32-43(47)50-38(26-13-8-2)27-14-9-3)31-22-18-20-24-33-44(48)51-39(28-15-10-4)29-16-11-5/h38-42H,7-37H2,1-6H3. The highest BCUT2D eigenvalue weighted by molar-refractivity contribution is 7.99. The molecule has 0 N–H and O–H groups in total. The van der Waals surface area contributed by atoms with Gasteiger partial charge in [0.25, 0.3) is 0 Å². The van der Waals surface area contributed by atoms with Gasteiger partial charge in [0, 0.05) is 24.6 Å². The van der Waals surface area contributed by atoms with Gasteiger partial charge < -0.3 is 19.1 Å². The minimum atomic E-state index is -0.0707. The molecule has 0 aromatic heterocycles. The smallest absolute Gasteiger partial charge is 0.310 e. The van der Waals surface area contributed by atoms with Gasteiger partial charge in [-0.2, -0.15) is 11.8 Å². The van der Waals surface area contributed by atoms with Crippen LogP contribution in [0, 0.1) is 5.92 Å². The van der Waals surface area contributed by atoms with Crippen molar-refractivity contribution in [2.45, 2.75) is 238 Å². The largest absolute Gasteiger partial charge is 0.462 e. The fourth-order valence-corrected chi connectivity index (χ4v) is 8.85. The van der Waals surface area contributed by atoms with Crippen molar-refractivity contribution in [3.63, 3.8) is 0 Å². The van der Waals surface area contributed by atoms with Crippen molar-refractivity contribution < 1.29 is 28.6 Å². The van der Waals surface area contributed by atoms with Gasteiger partial charge >= 0.3 is 17.9 Å². The molecule has 1 rings (SSSR count). The van der Waals surface area contributed by atoms with Crippen LogP contribution >= 0.6 is 11.8 Å². The predicted molar refractivity (Wildman–Crippen MR) is 225 cm³/mol. The van der Waals surface area contributed by atoms with Crippen LogP contribution in [0.25, 0.3) is 0 Å². The summed E-state index contributed by atoms with van der Waals surface area (Å²) in [6.45, 7) is 12.9. The van der Waals surface area contributed by atoms with Gasteiger partial charge in [0.1, 0.15) is 18.3 Å². The highest BCUT2D eigenvalue weighted by Crippen LogP contribution is 2.31. The van der Waals surface area contributed by atoms with Crippen molar-refractivity contribution in [2.24, 2.45) is 5.92 Å². The van der Waals surface area contributed by atoms with E-state index >= 15 is 0 Å². The zero-order chi connectivity index (χ0) is 38.9. The van der Waals surface area contributed by atoms with Crippen LogP contribution in [0.15, 0.2) is 0 Å². The molecule has 0 aliphatic carbocycles. The molecule has 7 nitrogen and oxygen atoms in total. The van der Waals surface area contributed by atoms with Crippen LogP contribution in [0.1, 0.15) is 214 Å². The summed E-state index contributed by atoms with van der Waals surface area (Å²) in [4.78, 5) is 41.2. The second kappa shape index (κ2) is 34.0. The number of piperidine rings is 1. The lowest BCUT2D eigenvalue weighted by Crippen LogP contribution is -2.44. The first kappa shape index (κ1) is 49.7. The molecule has 0 amide bonds. The summed E-state index contributed by atoms with van der Waals surface area (Å²) in [6.07, 6.45) is 27.9. The van der Waals surface area contributed by atoms with Crippen molar-refractivity contribution >= 4 is 29.7 Å². The first-order valence-corrected chi connectivity index (χ1v) is 23.7. The number of hydrogen-bond acceptors (Lipinski definition) is 8. The van der Waals surface area contributed by atoms with Crippen LogP contribution in [-0.4, -0.2) is 72.3 Å². The molecule has 53 heavy (non-hydrogen) atoms. The van der Waals surface area contributed by atoms with Crippen molar-refractivity contribution in [3.05, 3.63) is 0 Å². The maximum absolute atomic E-state index is 13.7. The Bertz CT molecular complexity index is 840. The van der Waals surface area contributed by atoms with Crippen LogP contribution in [0.4, 0.5) is 0 Å². The number of ether oxygens (including phenoxy) is 3. The van der Waals surface area contributed by atoms with E-state index in [2.05, 4.69) is 46.6 Å². The summed E-state index contributed by atoms with van der Waals surface area (Å²) in [5.41, 5.74) is 0. The van der Waals surface area contributed by atoms with Crippen LogP contribution in [0.3, 0.4) is 0 Å². The van der Waals surface area contributed by atoms with Gasteiger partial charge in [0.2, 0.25) is 0 Å². The average Bonchev–Trinajstić information content (AvgIpc) is 3.14. The van der Waals surface area contributed by atoms with E-state index in [1.807, 2.05) is 11.8 Å². The quantitative estimate of drug-likeness (QED) is 0.0358. The maximum atomic E-state index is 13.7. The lowest BCUT2D eigenvalue weighted by atomic mass is 9.96. The number of carbonyl (C=O) groups is 3. The molecule has 0 saturated carbocycles. The van der Waals surface area contributed by atoms with Crippen molar-refractivity contribution in [1.29, 1.82) is 0 Å². The Labute approximate surface area is 331 Å². The number of unbranched alkanes of at least 4 members (excludes halogenated alkanes) is 12. The Hall–Kier alpha value is -1.28. The molecule has 2 atom stereocenters. The summed E-state index contributed by atoms with van der Waals surface area (Å²) >= 11 is 1.97. The van der Waals surface area contributed by atoms with Gasteiger partial charge in [-0.25, -0.2) is 0 Å². The molecule has 0 spiro atoms. The molecular formula is C45H85NO6S. The van der Waals surface area contributed by atoms with E-state index in [-0.39, 0.29) is 42.1 Å². The number of hydrogen-bond donors (Lipinski definition) is 0. The van der Waals surface area contributed by atoms with Crippen molar-refractivity contribution in [2.75, 3.05) is 25.9 Å². The third-order valence-corrected chi connectivity index (χ3v) is 12.3. The fraction of sp³-hybridized carbons (Fsp3) is 0.933. The Morgan fingerprint density at radius 2 is 0.962 bits per heavy atom. The second-order valence-electron chi connectivity index (χ2n) is 16.0. The first-order chi connectivity index (χ1) is 25.8. The number of likely N-dealkylation sites (tertiary alicyclic amines) is 1. The topological polar surface area (TPSA) is 82.1 Å². The Morgan fingerprint density at radius 1 is 0.547 bits per heavy atom. The summed E-state index contributed by atoms with van der Waals surface area (Å²) in [5, 5.41) is 0.297. The molecule has 1 aliphatic rings. The van der Waals surface area contributed by atoms with Gasteiger partial charge in [-0.05, 0) is 96.4 Å². The molecular weight excluding hydrogens is 683 g/mol. The normalized spacial score (nSPS) is 16.5. The molecule has 2 unspecified atom stereocenters. The molecule has 8 heteroatoms. The molecule has 1 saturated heterocycles. The van der Waals surface area contributed by atoms with Crippen molar-refractivity contribution in [1.82, 2.24) is 4.90 Å². The van der Waals surface area contributed by atoms with Gasteiger partial charge in [-0.3, -0.25) is 14.4 Å². The molecule has 1 aliphatic heterocycles. The maximum Gasteiger partial charge on any atom is 0.310 e. The van der Waals surface area contributed by atoms with E-state index in [0.717, 1.165) is 167 Å². The summed E-state index contributed by atoms with van der Waals surface area (Å²) in [6, 6.07) is 0. The number of carbonyl (C=O) groups excluding carboxylic acids is 3. The second-order valence-corrected chi connectivity index (χ2v) is 17.4. The average molecular weight is 768 g/mol. The van der Waals surface area contributed by atoms with Gasteiger partial charge in [-0.15, -0.1) is 0 Å². The minimum Gasteiger partial charge on any atom is -0.462 e. The highest BCUT2D eigenvalue weighted by Gasteiger charge is 2.35. The van der Waals surface area contributed by atoms with E-state index in [9.17, 15) is 14.4 Å². The van der Waals surface area contributed by atoms with Gasteiger partial charge in [-0.1, -0.05) is 125 Å². The van der Waals surface area contributed by atoms with Crippen LogP contribution in [0.5, 0.6) is 0 Å². The molecule has 0 bridgehead atoms. The number of rotatable bonds is 35. The molecule has 0 radical (unpaired) electrons. The number of esters is 3. The molecule has 0 aromatic carbocycles.